The van der Waals surface area contributed by atoms with Gasteiger partial charge < -0.3 is 9.47 Å². The molecule has 1 aliphatic heterocycles. The average Bonchev–Trinajstić information content (AvgIpc) is 2.27. The number of rotatable bonds is 3. The van der Waals surface area contributed by atoms with Crippen LogP contribution in [0.4, 0.5) is 0 Å². The van der Waals surface area contributed by atoms with Crippen LogP contribution in [-0.4, -0.2) is 37.3 Å². The van der Waals surface area contributed by atoms with Gasteiger partial charge in [0, 0.05) is 19.6 Å². The predicted molar refractivity (Wildman–Crippen MR) is 76.0 cm³/mol. The maximum Gasteiger partial charge on any atom is 0.133 e. The van der Waals surface area contributed by atoms with Crippen molar-refractivity contribution >= 4 is 15.9 Å². The van der Waals surface area contributed by atoms with Crippen LogP contribution in [0, 0.1) is 0 Å². The van der Waals surface area contributed by atoms with E-state index in [0.717, 1.165) is 29.9 Å². The Kier molecular flexibility index (Phi) is 4.65. The molecular formula is C14H20BrNO2. The number of nitrogens with zero attached hydrogens (tertiary/aromatic N) is 1. The summed E-state index contributed by atoms with van der Waals surface area (Å²) in [5.74, 6) is 0.877. The minimum absolute atomic E-state index is 0.315. The third-order valence-corrected chi connectivity index (χ3v) is 3.74. The zero-order chi connectivity index (χ0) is 13.1. The van der Waals surface area contributed by atoms with Crippen LogP contribution < -0.4 is 4.74 Å². The highest BCUT2D eigenvalue weighted by Gasteiger charge is 2.22. The van der Waals surface area contributed by atoms with Crippen molar-refractivity contribution in [3.8, 4) is 5.75 Å². The summed E-state index contributed by atoms with van der Waals surface area (Å²) in [5, 5.41) is 0. The number of benzene rings is 1. The highest BCUT2D eigenvalue weighted by molar-refractivity contribution is 9.10. The summed E-state index contributed by atoms with van der Waals surface area (Å²) in [7, 11) is 1.69. The molecule has 2 unspecified atom stereocenters. The van der Waals surface area contributed by atoms with Crippen molar-refractivity contribution in [2.45, 2.75) is 32.6 Å². The zero-order valence-corrected chi connectivity index (χ0v) is 12.7. The highest BCUT2D eigenvalue weighted by atomic mass is 79.9. The molecule has 0 amide bonds. The average molecular weight is 314 g/mol. The Morgan fingerprint density at radius 3 is 2.56 bits per heavy atom. The molecule has 1 heterocycles. The third kappa shape index (κ3) is 3.46. The Labute approximate surface area is 117 Å². The van der Waals surface area contributed by atoms with E-state index >= 15 is 0 Å². The molecular weight excluding hydrogens is 294 g/mol. The van der Waals surface area contributed by atoms with Gasteiger partial charge in [-0.2, -0.15) is 0 Å². The van der Waals surface area contributed by atoms with E-state index in [2.05, 4.69) is 46.8 Å². The van der Waals surface area contributed by atoms with Gasteiger partial charge in [0.15, 0.2) is 0 Å². The van der Waals surface area contributed by atoms with Crippen molar-refractivity contribution in [1.82, 2.24) is 4.90 Å². The fourth-order valence-electron chi connectivity index (χ4n) is 2.48. The van der Waals surface area contributed by atoms with E-state index in [0.29, 0.717) is 12.2 Å². The molecule has 0 saturated carbocycles. The van der Waals surface area contributed by atoms with Gasteiger partial charge in [0.25, 0.3) is 0 Å². The highest BCUT2D eigenvalue weighted by Crippen LogP contribution is 2.26. The molecule has 0 N–H and O–H groups in total. The van der Waals surface area contributed by atoms with Crippen LogP contribution >= 0.6 is 15.9 Å². The minimum atomic E-state index is 0.315. The summed E-state index contributed by atoms with van der Waals surface area (Å²) < 4.78 is 12.0. The van der Waals surface area contributed by atoms with Crippen LogP contribution in [0.25, 0.3) is 0 Å². The lowest BCUT2D eigenvalue weighted by atomic mass is 10.1. The molecule has 1 aliphatic rings. The molecule has 0 aromatic heterocycles. The maximum absolute atomic E-state index is 5.74. The van der Waals surface area contributed by atoms with Gasteiger partial charge in [0.1, 0.15) is 5.75 Å². The minimum Gasteiger partial charge on any atom is -0.496 e. The first-order valence-electron chi connectivity index (χ1n) is 6.28. The van der Waals surface area contributed by atoms with Crippen molar-refractivity contribution in [3.63, 3.8) is 0 Å². The first-order valence-corrected chi connectivity index (χ1v) is 7.08. The second-order valence-electron chi connectivity index (χ2n) is 4.92. The van der Waals surface area contributed by atoms with Crippen LogP contribution in [0.1, 0.15) is 19.4 Å². The standard InChI is InChI=1S/C14H20BrNO2/c1-10-7-16(8-11(2)18-10)9-12-4-5-14(17-3)13(15)6-12/h4-6,10-11H,7-9H2,1-3H3. The van der Waals surface area contributed by atoms with Crippen LogP contribution in [0.3, 0.4) is 0 Å². The van der Waals surface area contributed by atoms with E-state index in [-0.39, 0.29) is 0 Å². The summed E-state index contributed by atoms with van der Waals surface area (Å²) in [5.41, 5.74) is 1.30. The monoisotopic (exact) mass is 313 g/mol. The Balaban J connectivity index is 2.02. The predicted octanol–water partition coefficient (Wildman–Crippen LogP) is 3.07. The Bertz CT molecular complexity index is 401. The van der Waals surface area contributed by atoms with E-state index < -0.39 is 0 Å². The molecule has 1 saturated heterocycles. The molecule has 0 radical (unpaired) electrons. The fourth-order valence-corrected chi connectivity index (χ4v) is 3.07. The number of halogens is 1. The van der Waals surface area contributed by atoms with E-state index in [9.17, 15) is 0 Å². The van der Waals surface area contributed by atoms with Crippen LogP contribution in [0.2, 0.25) is 0 Å². The molecule has 1 aromatic carbocycles. The second-order valence-corrected chi connectivity index (χ2v) is 5.77. The molecule has 3 nitrogen and oxygen atoms in total. The Morgan fingerprint density at radius 2 is 2.00 bits per heavy atom. The molecule has 18 heavy (non-hydrogen) atoms. The molecule has 1 aromatic rings. The number of hydrogen-bond acceptors (Lipinski definition) is 3. The number of morpholine rings is 1. The van der Waals surface area contributed by atoms with Gasteiger partial charge in [-0.1, -0.05) is 6.07 Å². The van der Waals surface area contributed by atoms with Crippen molar-refractivity contribution in [2.75, 3.05) is 20.2 Å². The SMILES string of the molecule is COc1ccc(CN2CC(C)OC(C)C2)cc1Br. The first-order chi connectivity index (χ1) is 8.58. The third-order valence-electron chi connectivity index (χ3n) is 3.12. The maximum atomic E-state index is 5.74. The zero-order valence-electron chi connectivity index (χ0n) is 11.1. The number of methoxy groups -OCH3 is 1. The second kappa shape index (κ2) is 6.04. The molecule has 2 rings (SSSR count). The van der Waals surface area contributed by atoms with Crippen molar-refractivity contribution in [1.29, 1.82) is 0 Å². The van der Waals surface area contributed by atoms with Gasteiger partial charge in [0.05, 0.1) is 23.8 Å². The van der Waals surface area contributed by atoms with Crippen LogP contribution in [-0.2, 0) is 11.3 Å². The summed E-state index contributed by atoms with van der Waals surface area (Å²) in [6, 6.07) is 6.25. The number of ether oxygens (including phenoxy) is 2. The number of hydrogen-bond donors (Lipinski definition) is 0. The summed E-state index contributed by atoms with van der Waals surface area (Å²) in [4.78, 5) is 2.44. The van der Waals surface area contributed by atoms with Crippen LogP contribution in [0.5, 0.6) is 5.75 Å². The van der Waals surface area contributed by atoms with E-state index in [1.54, 1.807) is 7.11 Å². The molecule has 4 heteroatoms. The quantitative estimate of drug-likeness (QED) is 0.856. The van der Waals surface area contributed by atoms with Gasteiger partial charge in [-0.15, -0.1) is 0 Å². The van der Waals surface area contributed by atoms with Gasteiger partial charge in [-0.05, 0) is 47.5 Å². The fraction of sp³-hybridized carbons (Fsp3) is 0.571. The molecule has 0 bridgehead atoms. The summed E-state index contributed by atoms with van der Waals surface area (Å²) in [6.45, 7) is 7.21. The largest absolute Gasteiger partial charge is 0.496 e. The Hall–Kier alpha value is -0.580. The smallest absolute Gasteiger partial charge is 0.133 e. The van der Waals surface area contributed by atoms with E-state index in [4.69, 9.17) is 9.47 Å². The summed E-state index contributed by atoms with van der Waals surface area (Å²) >= 11 is 3.53. The lowest BCUT2D eigenvalue weighted by Gasteiger charge is -2.35. The van der Waals surface area contributed by atoms with Gasteiger partial charge in [0.2, 0.25) is 0 Å². The molecule has 100 valence electrons. The molecule has 0 aliphatic carbocycles. The lowest BCUT2D eigenvalue weighted by Crippen LogP contribution is -2.44. The molecule has 0 spiro atoms. The molecule has 1 fully saturated rings. The van der Waals surface area contributed by atoms with Crippen molar-refractivity contribution in [2.24, 2.45) is 0 Å². The summed E-state index contributed by atoms with van der Waals surface area (Å²) in [6.07, 6.45) is 0.630. The van der Waals surface area contributed by atoms with Gasteiger partial charge in [-0.3, -0.25) is 4.90 Å². The van der Waals surface area contributed by atoms with E-state index in [1.165, 1.54) is 5.56 Å². The molecule has 2 atom stereocenters. The topological polar surface area (TPSA) is 21.7 Å². The lowest BCUT2D eigenvalue weighted by molar-refractivity contribution is -0.0704. The van der Waals surface area contributed by atoms with Crippen molar-refractivity contribution < 1.29 is 9.47 Å². The van der Waals surface area contributed by atoms with Gasteiger partial charge >= 0.3 is 0 Å². The van der Waals surface area contributed by atoms with Gasteiger partial charge in [-0.25, -0.2) is 0 Å². The van der Waals surface area contributed by atoms with E-state index in [1.807, 2.05) is 6.07 Å². The van der Waals surface area contributed by atoms with Crippen LogP contribution in [0.15, 0.2) is 22.7 Å². The first kappa shape index (κ1) is 13.8. The Morgan fingerprint density at radius 1 is 1.33 bits per heavy atom. The van der Waals surface area contributed by atoms with Crippen molar-refractivity contribution in [3.05, 3.63) is 28.2 Å². The normalized spacial score (nSPS) is 25.1.